The van der Waals surface area contributed by atoms with Crippen molar-refractivity contribution in [2.24, 2.45) is 11.7 Å². The summed E-state index contributed by atoms with van der Waals surface area (Å²) in [6.07, 6.45) is 5.09. The maximum Gasteiger partial charge on any atom is 0.290 e. The second kappa shape index (κ2) is 6.52. The van der Waals surface area contributed by atoms with Gasteiger partial charge in [-0.25, -0.2) is 0 Å². The lowest BCUT2D eigenvalue weighted by molar-refractivity contribution is -0.136. The van der Waals surface area contributed by atoms with Gasteiger partial charge in [0.15, 0.2) is 5.76 Å². The fraction of sp³-hybridized carbons (Fsp3) is 0.625. The summed E-state index contributed by atoms with van der Waals surface area (Å²) in [6.45, 7) is 2.70. The minimum absolute atomic E-state index is 0.0653. The molecule has 1 aromatic heterocycles. The first-order valence-electron chi connectivity index (χ1n) is 8.04. The number of furan rings is 1. The number of carbonyl (C=O) groups excluding carboxylic acids is 2. The van der Waals surface area contributed by atoms with E-state index in [2.05, 4.69) is 0 Å². The van der Waals surface area contributed by atoms with E-state index >= 15 is 0 Å². The molecule has 2 N–H and O–H groups in total. The van der Waals surface area contributed by atoms with Gasteiger partial charge in [-0.3, -0.25) is 9.59 Å². The highest BCUT2D eigenvalue weighted by atomic mass is 16.3. The predicted octanol–water partition coefficient (Wildman–Crippen LogP) is 1.08. The zero-order chi connectivity index (χ0) is 15.5. The van der Waals surface area contributed by atoms with Crippen molar-refractivity contribution in [1.29, 1.82) is 0 Å². The molecule has 3 heterocycles. The monoisotopic (exact) mass is 305 g/mol. The summed E-state index contributed by atoms with van der Waals surface area (Å²) in [5.41, 5.74) is 5.70. The summed E-state index contributed by atoms with van der Waals surface area (Å²) >= 11 is 0. The lowest BCUT2D eigenvalue weighted by atomic mass is 10.0. The molecule has 2 atom stereocenters. The van der Waals surface area contributed by atoms with Crippen molar-refractivity contribution in [3.63, 3.8) is 0 Å². The van der Waals surface area contributed by atoms with E-state index in [0.29, 0.717) is 31.3 Å². The summed E-state index contributed by atoms with van der Waals surface area (Å²) in [5.74, 6) is 0.580. The molecule has 6 nitrogen and oxygen atoms in total. The highest BCUT2D eigenvalue weighted by Gasteiger charge is 2.37. The number of nitrogens with zero attached hydrogens (tertiary/aromatic N) is 2. The minimum atomic E-state index is -0.358. The Balaban J connectivity index is 1.72. The van der Waals surface area contributed by atoms with Crippen LogP contribution in [0.15, 0.2) is 22.8 Å². The Labute approximate surface area is 130 Å². The van der Waals surface area contributed by atoms with Gasteiger partial charge in [0.05, 0.1) is 6.26 Å². The summed E-state index contributed by atoms with van der Waals surface area (Å²) in [7, 11) is 0. The first kappa shape index (κ1) is 15.1. The van der Waals surface area contributed by atoms with Crippen LogP contribution < -0.4 is 5.73 Å². The molecule has 1 aromatic rings. The van der Waals surface area contributed by atoms with Crippen molar-refractivity contribution in [2.45, 2.75) is 31.7 Å². The van der Waals surface area contributed by atoms with Crippen LogP contribution in [-0.4, -0.2) is 53.8 Å². The lowest BCUT2D eigenvalue weighted by Crippen LogP contribution is -2.52. The van der Waals surface area contributed by atoms with E-state index in [0.717, 1.165) is 32.2 Å². The molecule has 2 aliphatic heterocycles. The van der Waals surface area contributed by atoms with Gasteiger partial charge in [-0.05, 0) is 50.3 Å². The van der Waals surface area contributed by atoms with Gasteiger partial charge in [-0.15, -0.1) is 0 Å². The Morgan fingerprint density at radius 3 is 2.82 bits per heavy atom. The van der Waals surface area contributed by atoms with E-state index in [1.54, 1.807) is 17.0 Å². The number of hydrogen-bond donors (Lipinski definition) is 1. The van der Waals surface area contributed by atoms with E-state index in [1.807, 2.05) is 4.90 Å². The molecule has 3 rings (SSSR count). The van der Waals surface area contributed by atoms with Crippen LogP contribution in [0.2, 0.25) is 0 Å². The zero-order valence-corrected chi connectivity index (χ0v) is 12.7. The molecule has 0 radical (unpaired) electrons. The van der Waals surface area contributed by atoms with Gasteiger partial charge in [0.1, 0.15) is 6.04 Å². The van der Waals surface area contributed by atoms with E-state index in [-0.39, 0.29) is 17.9 Å². The number of piperidine rings is 1. The van der Waals surface area contributed by atoms with Crippen LogP contribution >= 0.6 is 0 Å². The fourth-order valence-electron chi connectivity index (χ4n) is 3.41. The molecule has 2 amide bonds. The molecule has 2 saturated heterocycles. The Bertz CT molecular complexity index is 529. The van der Waals surface area contributed by atoms with E-state index < -0.39 is 0 Å². The maximum atomic E-state index is 12.8. The number of hydrogen-bond acceptors (Lipinski definition) is 4. The molecule has 2 aliphatic rings. The van der Waals surface area contributed by atoms with Crippen molar-refractivity contribution in [3.8, 4) is 0 Å². The standard InChI is InChI=1S/C16H23N3O3/c17-10-12-6-8-18(11-12)15(20)13-4-1-2-7-19(13)16(21)14-5-3-9-22-14/h3,5,9,12-13H,1-2,4,6-8,10-11,17H2. The van der Waals surface area contributed by atoms with Gasteiger partial charge in [0.2, 0.25) is 5.91 Å². The van der Waals surface area contributed by atoms with Crippen LogP contribution in [0.4, 0.5) is 0 Å². The van der Waals surface area contributed by atoms with Crippen LogP contribution in [0.5, 0.6) is 0 Å². The van der Waals surface area contributed by atoms with E-state index in [1.165, 1.54) is 6.26 Å². The maximum absolute atomic E-state index is 12.8. The van der Waals surface area contributed by atoms with Crippen molar-refractivity contribution in [1.82, 2.24) is 9.80 Å². The number of rotatable bonds is 3. The van der Waals surface area contributed by atoms with Crippen LogP contribution in [0.1, 0.15) is 36.2 Å². The van der Waals surface area contributed by atoms with E-state index in [4.69, 9.17) is 10.2 Å². The first-order chi connectivity index (χ1) is 10.7. The second-order valence-electron chi connectivity index (χ2n) is 6.16. The number of nitrogens with two attached hydrogens (primary N) is 1. The number of likely N-dealkylation sites (tertiary alicyclic amines) is 2. The summed E-state index contributed by atoms with van der Waals surface area (Å²) < 4.78 is 5.20. The Kier molecular flexibility index (Phi) is 4.47. The fourth-order valence-corrected chi connectivity index (χ4v) is 3.41. The Hall–Kier alpha value is -1.82. The number of carbonyl (C=O) groups is 2. The average Bonchev–Trinajstić information content (AvgIpc) is 3.24. The van der Waals surface area contributed by atoms with E-state index in [9.17, 15) is 9.59 Å². The molecule has 0 spiro atoms. The molecule has 120 valence electrons. The second-order valence-corrected chi connectivity index (χ2v) is 6.16. The largest absolute Gasteiger partial charge is 0.459 e. The van der Waals surface area contributed by atoms with Gasteiger partial charge in [-0.1, -0.05) is 0 Å². The normalized spacial score (nSPS) is 25.5. The molecule has 2 fully saturated rings. The lowest BCUT2D eigenvalue weighted by Gasteiger charge is -2.36. The third-order valence-corrected chi connectivity index (χ3v) is 4.71. The zero-order valence-electron chi connectivity index (χ0n) is 12.7. The first-order valence-corrected chi connectivity index (χ1v) is 8.04. The Morgan fingerprint density at radius 1 is 1.27 bits per heavy atom. The van der Waals surface area contributed by atoms with Gasteiger partial charge in [0.25, 0.3) is 5.91 Å². The van der Waals surface area contributed by atoms with Crippen LogP contribution in [0.25, 0.3) is 0 Å². The predicted molar refractivity (Wildman–Crippen MR) is 81.1 cm³/mol. The number of amides is 2. The van der Waals surface area contributed by atoms with Crippen LogP contribution in [0.3, 0.4) is 0 Å². The summed E-state index contributed by atoms with van der Waals surface area (Å²) in [4.78, 5) is 28.9. The quantitative estimate of drug-likeness (QED) is 0.906. The Morgan fingerprint density at radius 2 is 2.14 bits per heavy atom. The third-order valence-electron chi connectivity index (χ3n) is 4.71. The highest BCUT2D eigenvalue weighted by molar-refractivity contribution is 5.95. The molecule has 0 aromatic carbocycles. The topological polar surface area (TPSA) is 79.8 Å². The molecule has 0 bridgehead atoms. The summed E-state index contributed by atoms with van der Waals surface area (Å²) in [6, 6.07) is 2.99. The molecule has 6 heteroatoms. The minimum Gasteiger partial charge on any atom is -0.459 e. The molecule has 22 heavy (non-hydrogen) atoms. The van der Waals surface area contributed by atoms with Gasteiger partial charge >= 0.3 is 0 Å². The van der Waals surface area contributed by atoms with Crippen molar-refractivity contribution in [2.75, 3.05) is 26.2 Å². The van der Waals surface area contributed by atoms with Gasteiger partial charge in [0, 0.05) is 19.6 Å². The SMILES string of the molecule is NCC1CCN(C(=O)C2CCCCN2C(=O)c2ccco2)C1. The highest BCUT2D eigenvalue weighted by Crippen LogP contribution is 2.24. The van der Waals surface area contributed by atoms with Crippen molar-refractivity contribution < 1.29 is 14.0 Å². The molecule has 2 unspecified atom stereocenters. The average molecular weight is 305 g/mol. The van der Waals surface area contributed by atoms with Gasteiger partial charge < -0.3 is 20.0 Å². The molecular weight excluding hydrogens is 282 g/mol. The van der Waals surface area contributed by atoms with Crippen molar-refractivity contribution in [3.05, 3.63) is 24.2 Å². The smallest absolute Gasteiger partial charge is 0.290 e. The molecule has 0 aliphatic carbocycles. The molecule has 0 saturated carbocycles. The van der Waals surface area contributed by atoms with Crippen molar-refractivity contribution >= 4 is 11.8 Å². The third kappa shape index (κ3) is 2.88. The van der Waals surface area contributed by atoms with Crippen LogP contribution in [-0.2, 0) is 4.79 Å². The van der Waals surface area contributed by atoms with Crippen LogP contribution in [0, 0.1) is 5.92 Å². The summed E-state index contributed by atoms with van der Waals surface area (Å²) in [5, 5.41) is 0. The molecular formula is C16H23N3O3. The van der Waals surface area contributed by atoms with Gasteiger partial charge in [-0.2, -0.15) is 0 Å².